The molecule has 0 atom stereocenters. The van der Waals surface area contributed by atoms with Crippen molar-refractivity contribution in [2.24, 2.45) is 0 Å². The first kappa shape index (κ1) is 23.7. The molecule has 0 bridgehead atoms. The lowest BCUT2D eigenvalue weighted by Crippen LogP contribution is -2.40. The quantitative estimate of drug-likeness (QED) is 0.592. The molecular formula is C25H33N3O4S. The lowest BCUT2D eigenvalue weighted by atomic mass is 10.1. The number of morpholine rings is 1. The molecule has 7 nitrogen and oxygen atoms in total. The van der Waals surface area contributed by atoms with Crippen molar-refractivity contribution in [3.63, 3.8) is 0 Å². The van der Waals surface area contributed by atoms with Crippen molar-refractivity contribution < 1.29 is 17.9 Å². The van der Waals surface area contributed by atoms with Gasteiger partial charge < -0.3 is 14.5 Å². The van der Waals surface area contributed by atoms with Crippen LogP contribution in [0.3, 0.4) is 0 Å². The summed E-state index contributed by atoms with van der Waals surface area (Å²) in [4.78, 5) is 17.3. The second-order valence-electron chi connectivity index (χ2n) is 8.73. The Kier molecular flexibility index (Phi) is 7.67. The van der Waals surface area contributed by atoms with E-state index in [1.54, 1.807) is 17.0 Å². The summed E-state index contributed by atoms with van der Waals surface area (Å²) in [6.07, 6.45) is 3.40. The number of amides is 1. The summed E-state index contributed by atoms with van der Waals surface area (Å²) < 4.78 is 32.2. The van der Waals surface area contributed by atoms with Crippen molar-refractivity contribution in [1.82, 2.24) is 9.21 Å². The molecule has 33 heavy (non-hydrogen) atoms. The molecule has 2 aromatic rings. The summed E-state index contributed by atoms with van der Waals surface area (Å²) in [6, 6.07) is 15.2. The van der Waals surface area contributed by atoms with Crippen molar-refractivity contribution in [2.75, 3.05) is 51.3 Å². The second kappa shape index (κ2) is 10.7. The first-order valence-electron chi connectivity index (χ1n) is 11.7. The smallest absolute Gasteiger partial charge is 0.243 e. The van der Waals surface area contributed by atoms with Crippen LogP contribution >= 0.6 is 0 Å². The minimum atomic E-state index is -3.50. The van der Waals surface area contributed by atoms with E-state index in [9.17, 15) is 13.2 Å². The highest BCUT2D eigenvalue weighted by Gasteiger charge is 2.26. The number of carbonyl (C=O) groups is 1. The Morgan fingerprint density at radius 3 is 2.33 bits per heavy atom. The van der Waals surface area contributed by atoms with E-state index in [4.69, 9.17) is 4.74 Å². The van der Waals surface area contributed by atoms with Gasteiger partial charge in [-0.2, -0.15) is 4.31 Å². The SMILES string of the molecule is CN(Cc1ccccc1N1CCCC1)C(=O)CCc1ccc(S(=O)(=O)N2CCOCC2)cc1. The van der Waals surface area contributed by atoms with E-state index in [0.29, 0.717) is 45.7 Å². The van der Waals surface area contributed by atoms with Crippen LogP contribution in [-0.2, 0) is 32.5 Å². The Bertz CT molecular complexity index is 1040. The zero-order valence-corrected chi connectivity index (χ0v) is 20.1. The van der Waals surface area contributed by atoms with Crippen LogP contribution in [0.25, 0.3) is 0 Å². The summed E-state index contributed by atoms with van der Waals surface area (Å²) in [6.45, 7) is 4.35. The van der Waals surface area contributed by atoms with E-state index in [1.807, 2.05) is 25.2 Å². The molecule has 178 valence electrons. The summed E-state index contributed by atoms with van der Waals surface area (Å²) >= 11 is 0. The first-order valence-corrected chi connectivity index (χ1v) is 13.1. The molecular weight excluding hydrogens is 438 g/mol. The number of sulfonamides is 1. The number of anilines is 1. The molecule has 2 saturated heterocycles. The lowest BCUT2D eigenvalue weighted by Gasteiger charge is -2.26. The number of rotatable bonds is 8. The molecule has 0 aromatic heterocycles. The molecule has 2 aliphatic rings. The number of carbonyl (C=O) groups excluding carboxylic acids is 1. The van der Waals surface area contributed by atoms with E-state index in [2.05, 4.69) is 23.1 Å². The molecule has 8 heteroatoms. The van der Waals surface area contributed by atoms with Crippen LogP contribution < -0.4 is 4.90 Å². The van der Waals surface area contributed by atoms with Gasteiger partial charge in [0.2, 0.25) is 15.9 Å². The third kappa shape index (κ3) is 5.75. The van der Waals surface area contributed by atoms with Gasteiger partial charge in [-0.05, 0) is 48.6 Å². The van der Waals surface area contributed by atoms with Crippen LogP contribution in [0.1, 0.15) is 30.4 Å². The summed E-state index contributed by atoms with van der Waals surface area (Å²) in [5, 5.41) is 0. The number of benzene rings is 2. The molecule has 0 unspecified atom stereocenters. The fourth-order valence-corrected chi connectivity index (χ4v) is 5.87. The fraction of sp³-hybridized carbons (Fsp3) is 0.480. The number of nitrogens with zero attached hydrogens (tertiary/aromatic N) is 3. The zero-order valence-electron chi connectivity index (χ0n) is 19.3. The average molecular weight is 472 g/mol. The molecule has 2 heterocycles. The maximum absolute atomic E-state index is 12.8. The van der Waals surface area contributed by atoms with Crippen LogP contribution in [0.4, 0.5) is 5.69 Å². The maximum Gasteiger partial charge on any atom is 0.243 e. The summed E-state index contributed by atoms with van der Waals surface area (Å²) in [7, 11) is -1.65. The van der Waals surface area contributed by atoms with Gasteiger partial charge in [0.05, 0.1) is 18.1 Å². The number of ether oxygens (including phenoxy) is 1. The van der Waals surface area contributed by atoms with Crippen molar-refractivity contribution in [1.29, 1.82) is 0 Å². The Labute approximate surface area is 197 Å². The van der Waals surface area contributed by atoms with Crippen LogP contribution in [-0.4, -0.2) is 70.0 Å². The minimum absolute atomic E-state index is 0.0799. The molecule has 1 amide bonds. The molecule has 2 aromatic carbocycles. The average Bonchev–Trinajstić information content (AvgIpc) is 3.38. The van der Waals surface area contributed by atoms with Gasteiger partial charge in [0, 0.05) is 51.9 Å². The largest absolute Gasteiger partial charge is 0.379 e. The van der Waals surface area contributed by atoms with Crippen molar-refractivity contribution in [3.05, 3.63) is 59.7 Å². The third-order valence-electron chi connectivity index (χ3n) is 6.43. The first-order chi connectivity index (χ1) is 15.9. The highest BCUT2D eigenvalue weighted by atomic mass is 32.2. The predicted octanol–water partition coefficient (Wildman–Crippen LogP) is 2.90. The van der Waals surface area contributed by atoms with E-state index >= 15 is 0 Å². The van der Waals surface area contributed by atoms with Gasteiger partial charge in [-0.15, -0.1) is 0 Å². The highest BCUT2D eigenvalue weighted by molar-refractivity contribution is 7.89. The van der Waals surface area contributed by atoms with Gasteiger partial charge >= 0.3 is 0 Å². The molecule has 4 rings (SSSR count). The van der Waals surface area contributed by atoms with E-state index < -0.39 is 10.0 Å². The number of aryl methyl sites for hydroxylation is 1. The summed E-state index contributed by atoms with van der Waals surface area (Å²) in [5.41, 5.74) is 3.36. The lowest BCUT2D eigenvalue weighted by molar-refractivity contribution is -0.130. The topological polar surface area (TPSA) is 70.2 Å². The van der Waals surface area contributed by atoms with Gasteiger partial charge in [0.15, 0.2) is 0 Å². The van der Waals surface area contributed by atoms with E-state index in [0.717, 1.165) is 18.7 Å². The van der Waals surface area contributed by atoms with Crippen LogP contribution in [0.5, 0.6) is 0 Å². The van der Waals surface area contributed by atoms with Crippen LogP contribution in [0.2, 0.25) is 0 Å². The second-order valence-corrected chi connectivity index (χ2v) is 10.7. The minimum Gasteiger partial charge on any atom is -0.379 e. The Morgan fingerprint density at radius 1 is 0.970 bits per heavy atom. The monoisotopic (exact) mass is 471 g/mol. The number of hydrogen-bond acceptors (Lipinski definition) is 5. The van der Waals surface area contributed by atoms with Gasteiger partial charge in [-0.25, -0.2) is 8.42 Å². The van der Waals surface area contributed by atoms with Crippen LogP contribution in [0.15, 0.2) is 53.4 Å². The molecule has 0 aliphatic carbocycles. The molecule has 0 saturated carbocycles. The maximum atomic E-state index is 12.8. The third-order valence-corrected chi connectivity index (χ3v) is 8.34. The van der Waals surface area contributed by atoms with E-state index in [-0.39, 0.29) is 10.8 Å². The van der Waals surface area contributed by atoms with Crippen molar-refractivity contribution in [2.45, 2.75) is 37.1 Å². The highest BCUT2D eigenvalue weighted by Crippen LogP contribution is 2.25. The molecule has 0 radical (unpaired) electrons. The van der Waals surface area contributed by atoms with Gasteiger partial charge in [-0.3, -0.25) is 4.79 Å². The number of para-hydroxylation sites is 1. The summed E-state index contributed by atoms with van der Waals surface area (Å²) in [5.74, 6) is 0.0799. The number of hydrogen-bond donors (Lipinski definition) is 0. The predicted molar refractivity (Wildman–Crippen MR) is 129 cm³/mol. The Balaban J connectivity index is 1.32. The normalized spacial score (nSPS) is 17.3. The van der Waals surface area contributed by atoms with Gasteiger partial charge in [0.1, 0.15) is 0 Å². The molecule has 0 N–H and O–H groups in total. The molecule has 2 aliphatic heterocycles. The van der Waals surface area contributed by atoms with Crippen LogP contribution in [0, 0.1) is 0 Å². The van der Waals surface area contributed by atoms with E-state index in [1.165, 1.54) is 28.4 Å². The Hall–Kier alpha value is -2.42. The standard InChI is InChI=1S/C25H33N3O4S/c1-26(20-22-6-2-3-7-24(22)27-14-4-5-15-27)25(29)13-10-21-8-11-23(12-9-21)33(30,31)28-16-18-32-19-17-28/h2-3,6-9,11-12H,4-5,10,13-20H2,1H3. The molecule has 2 fully saturated rings. The Morgan fingerprint density at radius 2 is 1.64 bits per heavy atom. The fourth-order valence-electron chi connectivity index (χ4n) is 4.46. The van der Waals surface area contributed by atoms with Gasteiger partial charge in [-0.1, -0.05) is 30.3 Å². The van der Waals surface area contributed by atoms with Crippen molar-refractivity contribution in [3.8, 4) is 0 Å². The molecule has 0 spiro atoms. The van der Waals surface area contributed by atoms with Gasteiger partial charge in [0.25, 0.3) is 0 Å². The van der Waals surface area contributed by atoms with Crippen molar-refractivity contribution >= 4 is 21.6 Å². The zero-order chi connectivity index (χ0) is 23.3.